The molecule has 0 atom stereocenters. The Morgan fingerprint density at radius 1 is 1.00 bits per heavy atom. The number of carbonyl (C=O) groups excluding carboxylic acids is 1. The van der Waals surface area contributed by atoms with Crippen LogP contribution in [0.1, 0.15) is 22.8 Å². The van der Waals surface area contributed by atoms with Gasteiger partial charge in [-0.15, -0.1) is 0 Å². The van der Waals surface area contributed by atoms with Gasteiger partial charge in [0.1, 0.15) is 0 Å². The Balaban J connectivity index is 1.99. The smallest absolute Gasteiger partial charge is 0.338 e. The van der Waals surface area contributed by atoms with Crippen LogP contribution in [0.25, 0.3) is 0 Å². The Morgan fingerprint density at radius 3 is 2.30 bits per heavy atom. The minimum absolute atomic E-state index is 0.307. The Hall–Kier alpha value is -2.69. The summed E-state index contributed by atoms with van der Waals surface area (Å²) in [5.41, 5.74) is 2.54. The predicted octanol–water partition coefficient (Wildman–Crippen LogP) is 3.49. The highest BCUT2D eigenvalue weighted by Crippen LogP contribution is 2.27. The normalized spacial score (nSPS) is 10.0. The number of hydrogen-bond donors (Lipinski definition) is 1. The zero-order chi connectivity index (χ0) is 16.7. The van der Waals surface area contributed by atoms with Crippen LogP contribution in [0, 0.1) is 0 Å². The van der Waals surface area contributed by atoms with Crippen LogP contribution >= 0.6 is 0 Å². The van der Waals surface area contributed by atoms with Gasteiger partial charge in [0, 0.05) is 12.2 Å². The average Bonchev–Trinajstić information content (AvgIpc) is 2.60. The first-order valence-corrected chi connectivity index (χ1v) is 7.40. The van der Waals surface area contributed by atoms with Gasteiger partial charge in [-0.1, -0.05) is 6.07 Å². The molecule has 2 aromatic carbocycles. The van der Waals surface area contributed by atoms with E-state index in [9.17, 15) is 4.79 Å². The Kier molecular flexibility index (Phi) is 5.86. The lowest BCUT2D eigenvalue weighted by Crippen LogP contribution is -2.05. The second-order valence-electron chi connectivity index (χ2n) is 4.84. The number of carbonyl (C=O) groups is 1. The molecule has 0 aliphatic carbocycles. The first-order valence-electron chi connectivity index (χ1n) is 7.40. The maximum Gasteiger partial charge on any atom is 0.338 e. The van der Waals surface area contributed by atoms with Crippen LogP contribution in [0.4, 0.5) is 5.69 Å². The summed E-state index contributed by atoms with van der Waals surface area (Å²) in [5, 5.41) is 3.30. The number of ether oxygens (including phenoxy) is 3. The SMILES string of the molecule is CCOC(=O)c1ccc(NCc2ccc(OC)c(OC)c2)cc1. The molecule has 0 saturated carbocycles. The number of methoxy groups -OCH3 is 2. The standard InChI is InChI=1S/C18H21NO4/c1-4-23-18(20)14-6-8-15(9-7-14)19-12-13-5-10-16(21-2)17(11-13)22-3/h5-11,19H,4,12H2,1-3H3. The highest BCUT2D eigenvalue weighted by atomic mass is 16.5. The van der Waals surface area contributed by atoms with Gasteiger partial charge in [-0.05, 0) is 48.9 Å². The van der Waals surface area contributed by atoms with Crippen molar-refractivity contribution in [3.8, 4) is 11.5 Å². The molecule has 23 heavy (non-hydrogen) atoms. The molecule has 0 aliphatic rings. The maximum absolute atomic E-state index is 11.6. The number of benzene rings is 2. The van der Waals surface area contributed by atoms with Crippen molar-refractivity contribution in [1.82, 2.24) is 0 Å². The highest BCUT2D eigenvalue weighted by molar-refractivity contribution is 5.89. The van der Waals surface area contributed by atoms with Crippen LogP contribution < -0.4 is 14.8 Å². The van der Waals surface area contributed by atoms with Crippen molar-refractivity contribution in [2.24, 2.45) is 0 Å². The van der Waals surface area contributed by atoms with Gasteiger partial charge in [0.05, 0.1) is 26.4 Å². The first-order chi connectivity index (χ1) is 11.2. The molecule has 0 bridgehead atoms. The number of anilines is 1. The second-order valence-corrected chi connectivity index (χ2v) is 4.84. The van der Waals surface area contributed by atoms with E-state index in [0.717, 1.165) is 11.3 Å². The van der Waals surface area contributed by atoms with Crippen LogP contribution in [0.2, 0.25) is 0 Å². The van der Waals surface area contributed by atoms with E-state index in [1.807, 2.05) is 30.3 Å². The summed E-state index contributed by atoms with van der Waals surface area (Å²) < 4.78 is 15.5. The monoisotopic (exact) mass is 315 g/mol. The van der Waals surface area contributed by atoms with E-state index in [4.69, 9.17) is 14.2 Å². The van der Waals surface area contributed by atoms with Crippen molar-refractivity contribution < 1.29 is 19.0 Å². The third-order valence-electron chi connectivity index (χ3n) is 3.34. The van der Waals surface area contributed by atoms with E-state index in [-0.39, 0.29) is 5.97 Å². The molecule has 0 spiro atoms. The molecule has 5 heteroatoms. The summed E-state index contributed by atoms with van der Waals surface area (Å²) in [4.78, 5) is 11.6. The van der Waals surface area contributed by atoms with Crippen LogP contribution in [0.15, 0.2) is 42.5 Å². The lowest BCUT2D eigenvalue weighted by molar-refractivity contribution is 0.0526. The van der Waals surface area contributed by atoms with E-state index in [1.165, 1.54) is 0 Å². The fourth-order valence-corrected chi connectivity index (χ4v) is 2.13. The fourth-order valence-electron chi connectivity index (χ4n) is 2.13. The van der Waals surface area contributed by atoms with Gasteiger partial charge in [0.25, 0.3) is 0 Å². The molecule has 0 amide bonds. The zero-order valence-electron chi connectivity index (χ0n) is 13.6. The van der Waals surface area contributed by atoms with Gasteiger partial charge in [0.15, 0.2) is 11.5 Å². The number of rotatable bonds is 7. The molecular weight excluding hydrogens is 294 g/mol. The van der Waals surface area contributed by atoms with Gasteiger partial charge in [-0.2, -0.15) is 0 Å². The van der Waals surface area contributed by atoms with Gasteiger partial charge < -0.3 is 19.5 Å². The summed E-state index contributed by atoms with van der Waals surface area (Å²) in [5.74, 6) is 1.10. The van der Waals surface area contributed by atoms with Gasteiger partial charge in [-0.25, -0.2) is 4.79 Å². The Labute approximate surface area is 136 Å². The summed E-state index contributed by atoms with van der Waals surface area (Å²) in [6.45, 7) is 2.80. The topological polar surface area (TPSA) is 56.8 Å². The fraction of sp³-hybridized carbons (Fsp3) is 0.278. The summed E-state index contributed by atoms with van der Waals surface area (Å²) in [7, 11) is 3.23. The van der Waals surface area contributed by atoms with Crippen LogP contribution in [-0.2, 0) is 11.3 Å². The van der Waals surface area contributed by atoms with E-state index in [1.54, 1.807) is 33.3 Å². The number of hydrogen-bond acceptors (Lipinski definition) is 5. The van der Waals surface area contributed by atoms with Crippen molar-refractivity contribution in [3.05, 3.63) is 53.6 Å². The first kappa shape index (κ1) is 16.7. The molecule has 2 rings (SSSR count). The molecule has 0 heterocycles. The van der Waals surface area contributed by atoms with Gasteiger partial charge in [0.2, 0.25) is 0 Å². The quantitative estimate of drug-likeness (QED) is 0.793. The molecule has 0 fully saturated rings. The van der Waals surface area contributed by atoms with Crippen molar-refractivity contribution in [1.29, 1.82) is 0 Å². The molecule has 0 radical (unpaired) electrons. The zero-order valence-corrected chi connectivity index (χ0v) is 13.6. The Morgan fingerprint density at radius 2 is 1.70 bits per heavy atom. The van der Waals surface area contributed by atoms with E-state index in [0.29, 0.717) is 30.2 Å². The molecule has 0 saturated heterocycles. The molecule has 2 aromatic rings. The van der Waals surface area contributed by atoms with Crippen LogP contribution in [-0.4, -0.2) is 26.8 Å². The summed E-state index contributed by atoms with van der Waals surface area (Å²) in [6.07, 6.45) is 0. The molecule has 5 nitrogen and oxygen atoms in total. The average molecular weight is 315 g/mol. The second kappa shape index (κ2) is 8.08. The van der Waals surface area contributed by atoms with Crippen molar-refractivity contribution >= 4 is 11.7 Å². The molecule has 122 valence electrons. The van der Waals surface area contributed by atoms with Crippen LogP contribution in [0.5, 0.6) is 11.5 Å². The third kappa shape index (κ3) is 4.39. The van der Waals surface area contributed by atoms with E-state index < -0.39 is 0 Å². The van der Waals surface area contributed by atoms with Gasteiger partial charge >= 0.3 is 5.97 Å². The van der Waals surface area contributed by atoms with Crippen molar-refractivity contribution in [3.63, 3.8) is 0 Å². The lowest BCUT2D eigenvalue weighted by Gasteiger charge is -2.11. The number of nitrogens with one attached hydrogen (secondary N) is 1. The highest BCUT2D eigenvalue weighted by Gasteiger charge is 2.06. The largest absolute Gasteiger partial charge is 0.493 e. The maximum atomic E-state index is 11.6. The van der Waals surface area contributed by atoms with E-state index >= 15 is 0 Å². The third-order valence-corrected chi connectivity index (χ3v) is 3.34. The predicted molar refractivity (Wildman–Crippen MR) is 89.3 cm³/mol. The lowest BCUT2D eigenvalue weighted by atomic mass is 10.1. The van der Waals surface area contributed by atoms with Crippen LogP contribution in [0.3, 0.4) is 0 Å². The van der Waals surface area contributed by atoms with Crippen molar-refractivity contribution in [2.45, 2.75) is 13.5 Å². The molecule has 0 aliphatic heterocycles. The summed E-state index contributed by atoms with van der Waals surface area (Å²) >= 11 is 0. The molecule has 0 unspecified atom stereocenters. The molecule has 0 aromatic heterocycles. The minimum atomic E-state index is -0.307. The molecular formula is C18H21NO4. The van der Waals surface area contributed by atoms with E-state index in [2.05, 4.69) is 5.32 Å². The number of esters is 1. The minimum Gasteiger partial charge on any atom is -0.493 e. The van der Waals surface area contributed by atoms with Gasteiger partial charge in [-0.3, -0.25) is 0 Å². The van der Waals surface area contributed by atoms with Crippen molar-refractivity contribution in [2.75, 3.05) is 26.1 Å². The summed E-state index contributed by atoms with van der Waals surface area (Å²) in [6, 6.07) is 13.0. The Bertz CT molecular complexity index is 653. The molecule has 1 N–H and O–H groups in total.